The Morgan fingerprint density at radius 3 is 1.60 bits per heavy atom. The molecule has 0 aliphatic carbocycles. The summed E-state index contributed by atoms with van der Waals surface area (Å²) in [5.41, 5.74) is 0. The summed E-state index contributed by atoms with van der Waals surface area (Å²) in [5.74, 6) is 0. The lowest BCUT2D eigenvalue weighted by atomic mass is 9.98. The second kappa shape index (κ2) is 12.5. The largest absolute Gasteiger partial charge is 0.394 e. The minimum absolute atomic E-state index is 0.394. The molecule has 5 N–H and O–H groups in total. The minimum Gasteiger partial charge on any atom is -0.394 e. The van der Waals surface area contributed by atoms with Crippen molar-refractivity contribution in [2.75, 3.05) is 6.61 Å². The first-order valence-corrected chi connectivity index (χ1v) is 7.87. The van der Waals surface area contributed by atoms with Gasteiger partial charge in [0.25, 0.3) is 0 Å². The minimum atomic E-state index is -1.51. The van der Waals surface area contributed by atoms with Gasteiger partial charge in [0.2, 0.25) is 0 Å². The second-order valence-electron chi connectivity index (χ2n) is 5.56. The molecule has 0 aliphatic rings. The van der Waals surface area contributed by atoms with Crippen LogP contribution in [0.5, 0.6) is 0 Å². The molecule has 5 nitrogen and oxygen atoms in total. The molecule has 4 atom stereocenters. The fourth-order valence-electron chi connectivity index (χ4n) is 2.22. The standard InChI is InChI=1S/C15H32O5/c1-2-3-4-5-6-7-8-9-10-12(17)14(19)15(20)13(18)11-16/h12-20H,2-11H2,1H3. The molecule has 0 bridgehead atoms. The Morgan fingerprint density at radius 1 is 0.650 bits per heavy atom. The van der Waals surface area contributed by atoms with Crippen molar-refractivity contribution in [3.63, 3.8) is 0 Å². The molecule has 0 saturated heterocycles. The molecule has 5 heteroatoms. The number of aliphatic hydroxyl groups excluding tert-OH is 5. The molecule has 0 rings (SSSR count). The van der Waals surface area contributed by atoms with Crippen LogP contribution in [0.15, 0.2) is 0 Å². The van der Waals surface area contributed by atoms with Crippen LogP contribution >= 0.6 is 0 Å². The quantitative estimate of drug-likeness (QED) is 0.325. The summed E-state index contributed by atoms with van der Waals surface area (Å²) in [4.78, 5) is 0. The maximum atomic E-state index is 9.70. The first-order valence-electron chi connectivity index (χ1n) is 7.87. The highest BCUT2D eigenvalue weighted by Crippen LogP contribution is 2.14. The summed E-state index contributed by atoms with van der Waals surface area (Å²) >= 11 is 0. The molecule has 122 valence electrons. The summed E-state index contributed by atoms with van der Waals surface area (Å²) in [6, 6.07) is 0. The smallest absolute Gasteiger partial charge is 0.110 e. The molecule has 0 aromatic heterocycles. The van der Waals surface area contributed by atoms with E-state index < -0.39 is 31.0 Å². The fourth-order valence-corrected chi connectivity index (χ4v) is 2.22. The molecule has 0 aromatic rings. The van der Waals surface area contributed by atoms with E-state index >= 15 is 0 Å². The van der Waals surface area contributed by atoms with Crippen molar-refractivity contribution in [3.8, 4) is 0 Å². The van der Waals surface area contributed by atoms with Crippen molar-refractivity contribution < 1.29 is 25.5 Å². The maximum absolute atomic E-state index is 9.70. The van der Waals surface area contributed by atoms with Gasteiger partial charge in [0.1, 0.15) is 18.3 Å². The van der Waals surface area contributed by atoms with Crippen molar-refractivity contribution in [2.24, 2.45) is 0 Å². The Bertz CT molecular complexity index is 212. The van der Waals surface area contributed by atoms with Crippen LogP contribution in [0.25, 0.3) is 0 Å². The SMILES string of the molecule is CCCCCCCCCCC(O)C(O)C(O)C(O)CO. The van der Waals surface area contributed by atoms with Crippen molar-refractivity contribution in [1.82, 2.24) is 0 Å². The molecule has 0 aliphatic heterocycles. The molecular formula is C15H32O5. The number of hydrogen-bond donors (Lipinski definition) is 5. The third kappa shape index (κ3) is 8.87. The van der Waals surface area contributed by atoms with Crippen LogP contribution in [0, 0.1) is 0 Å². The first-order chi connectivity index (χ1) is 9.54. The van der Waals surface area contributed by atoms with Gasteiger partial charge < -0.3 is 25.5 Å². The summed E-state index contributed by atoms with van der Waals surface area (Å²) in [6.45, 7) is 1.55. The molecule has 0 radical (unpaired) electrons. The number of rotatable bonds is 13. The van der Waals surface area contributed by atoms with E-state index in [0.717, 1.165) is 19.3 Å². The zero-order chi connectivity index (χ0) is 15.4. The van der Waals surface area contributed by atoms with Crippen LogP contribution < -0.4 is 0 Å². The molecular weight excluding hydrogens is 260 g/mol. The Morgan fingerprint density at radius 2 is 1.10 bits per heavy atom. The van der Waals surface area contributed by atoms with Gasteiger partial charge in [-0.15, -0.1) is 0 Å². The van der Waals surface area contributed by atoms with Crippen LogP contribution in [-0.2, 0) is 0 Å². The van der Waals surface area contributed by atoms with Crippen LogP contribution in [-0.4, -0.2) is 56.6 Å². The zero-order valence-electron chi connectivity index (χ0n) is 12.6. The predicted octanol–water partition coefficient (Wildman–Crippen LogP) is 0.953. The molecule has 0 heterocycles. The third-order valence-corrected chi connectivity index (χ3v) is 3.68. The van der Waals surface area contributed by atoms with Gasteiger partial charge in [-0.3, -0.25) is 0 Å². The highest BCUT2D eigenvalue weighted by molar-refractivity contribution is 4.80. The molecule has 0 saturated carbocycles. The number of hydrogen-bond acceptors (Lipinski definition) is 5. The van der Waals surface area contributed by atoms with Crippen molar-refractivity contribution in [1.29, 1.82) is 0 Å². The Balaban J connectivity index is 3.59. The van der Waals surface area contributed by atoms with E-state index in [1.807, 2.05) is 0 Å². The van der Waals surface area contributed by atoms with Gasteiger partial charge in [0, 0.05) is 0 Å². The molecule has 4 unspecified atom stereocenters. The van der Waals surface area contributed by atoms with Gasteiger partial charge in [0.15, 0.2) is 0 Å². The maximum Gasteiger partial charge on any atom is 0.110 e. The fraction of sp³-hybridized carbons (Fsp3) is 1.00. The van der Waals surface area contributed by atoms with Crippen molar-refractivity contribution >= 4 is 0 Å². The number of unbranched alkanes of at least 4 members (excludes halogenated alkanes) is 7. The van der Waals surface area contributed by atoms with E-state index in [4.69, 9.17) is 5.11 Å². The van der Waals surface area contributed by atoms with E-state index in [-0.39, 0.29) is 0 Å². The van der Waals surface area contributed by atoms with Gasteiger partial charge in [-0.2, -0.15) is 0 Å². The van der Waals surface area contributed by atoms with E-state index in [1.165, 1.54) is 32.1 Å². The van der Waals surface area contributed by atoms with Gasteiger partial charge in [0.05, 0.1) is 12.7 Å². The highest BCUT2D eigenvalue weighted by atomic mass is 16.4. The monoisotopic (exact) mass is 292 g/mol. The van der Waals surface area contributed by atoms with E-state index in [0.29, 0.717) is 6.42 Å². The predicted molar refractivity (Wildman–Crippen MR) is 78.3 cm³/mol. The van der Waals surface area contributed by atoms with E-state index in [9.17, 15) is 20.4 Å². The summed E-state index contributed by atoms with van der Waals surface area (Å²) in [6.07, 6.45) is 4.15. The van der Waals surface area contributed by atoms with Gasteiger partial charge in [-0.1, -0.05) is 58.3 Å². The summed E-state index contributed by atoms with van der Waals surface area (Å²) in [5, 5.41) is 46.6. The van der Waals surface area contributed by atoms with Gasteiger partial charge in [-0.25, -0.2) is 0 Å². The summed E-state index contributed by atoms with van der Waals surface area (Å²) < 4.78 is 0. The normalized spacial score (nSPS) is 17.7. The average molecular weight is 292 g/mol. The molecule has 20 heavy (non-hydrogen) atoms. The van der Waals surface area contributed by atoms with Crippen LogP contribution in [0.1, 0.15) is 64.7 Å². The second-order valence-corrected chi connectivity index (χ2v) is 5.56. The van der Waals surface area contributed by atoms with E-state index in [1.54, 1.807) is 0 Å². The third-order valence-electron chi connectivity index (χ3n) is 3.68. The lowest BCUT2D eigenvalue weighted by molar-refractivity contribution is -0.116. The Hall–Kier alpha value is -0.200. The first kappa shape index (κ1) is 19.8. The zero-order valence-corrected chi connectivity index (χ0v) is 12.6. The van der Waals surface area contributed by atoms with Gasteiger partial charge >= 0.3 is 0 Å². The summed E-state index contributed by atoms with van der Waals surface area (Å²) in [7, 11) is 0. The average Bonchev–Trinajstić information content (AvgIpc) is 2.47. The van der Waals surface area contributed by atoms with Crippen molar-refractivity contribution in [2.45, 2.75) is 89.1 Å². The van der Waals surface area contributed by atoms with Crippen LogP contribution in [0.2, 0.25) is 0 Å². The Kier molecular flexibility index (Phi) is 12.4. The molecule has 0 fully saturated rings. The lowest BCUT2D eigenvalue weighted by Crippen LogP contribution is -2.45. The molecule has 0 spiro atoms. The molecule has 0 amide bonds. The van der Waals surface area contributed by atoms with Gasteiger partial charge in [-0.05, 0) is 6.42 Å². The van der Waals surface area contributed by atoms with Crippen molar-refractivity contribution in [3.05, 3.63) is 0 Å². The Labute approximate surface area is 122 Å². The lowest BCUT2D eigenvalue weighted by Gasteiger charge is -2.25. The topological polar surface area (TPSA) is 101 Å². The van der Waals surface area contributed by atoms with E-state index in [2.05, 4.69) is 6.92 Å². The highest BCUT2D eigenvalue weighted by Gasteiger charge is 2.29. The van der Waals surface area contributed by atoms with Crippen LogP contribution in [0.4, 0.5) is 0 Å². The number of aliphatic hydroxyl groups is 5. The van der Waals surface area contributed by atoms with Crippen LogP contribution in [0.3, 0.4) is 0 Å². The molecule has 0 aromatic carbocycles.